The van der Waals surface area contributed by atoms with E-state index in [0.717, 1.165) is 67.4 Å². The quantitative estimate of drug-likeness (QED) is 0.507. The van der Waals surface area contributed by atoms with Crippen molar-refractivity contribution in [2.45, 2.75) is 63.3 Å². The Morgan fingerprint density at radius 1 is 1.23 bits per heavy atom. The normalized spacial score (nSPS) is 28.1. The van der Waals surface area contributed by atoms with Crippen LogP contribution >= 0.6 is 0 Å². The molecule has 1 aliphatic carbocycles. The lowest BCUT2D eigenvalue weighted by atomic mass is 9.90. The van der Waals surface area contributed by atoms with Crippen LogP contribution in [-0.2, 0) is 21.4 Å². The van der Waals surface area contributed by atoms with Crippen LogP contribution in [0.4, 0.5) is 10.1 Å². The lowest BCUT2D eigenvalue weighted by Crippen LogP contribution is -2.61. The van der Waals surface area contributed by atoms with E-state index < -0.39 is 0 Å². The summed E-state index contributed by atoms with van der Waals surface area (Å²) in [6.45, 7) is 11.9. The lowest BCUT2D eigenvalue weighted by molar-refractivity contribution is -0.121. The fourth-order valence-electron chi connectivity index (χ4n) is 6.97. The molecule has 1 saturated carbocycles. The molecule has 10 heteroatoms. The van der Waals surface area contributed by atoms with Crippen molar-refractivity contribution in [3.8, 4) is 0 Å². The van der Waals surface area contributed by atoms with Crippen LogP contribution in [0.1, 0.15) is 44.0 Å². The first-order valence-electron chi connectivity index (χ1n) is 14.5. The Kier molecular flexibility index (Phi) is 6.42. The Hall–Kier alpha value is -2.92. The predicted molar refractivity (Wildman–Crippen MR) is 150 cm³/mol. The molecule has 4 aliphatic rings. The number of hydrogen-bond acceptors (Lipinski definition) is 7. The first-order valence-corrected chi connectivity index (χ1v) is 14.5. The first kappa shape index (κ1) is 26.0. The molecule has 0 bridgehead atoms. The second-order valence-corrected chi connectivity index (χ2v) is 12.7. The number of nitrogens with zero attached hydrogens (tertiary/aromatic N) is 6. The van der Waals surface area contributed by atoms with Gasteiger partial charge in [0.2, 0.25) is 5.91 Å². The number of nitrogens with one attached hydrogen (secondary N) is 1. The highest BCUT2D eigenvalue weighted by Crippen LogP contribution is 2.42. The number of rotatable bonds is 6. The number of aromatic nitrogens is 3. The van der Waals surface area contributed by atoms with Crippen molar-refractivity contribution in [2.75, 3.05) is 50.8 Å². The number of ether oxygens (including phenoxy) is 1. The van der Waals surface area contributed by atoms with Gasteiger partial charge in [-0.25, -0.2) is 13.9 Å². The molecule has 1 aromatic carbocycles. The van der Waals surface area contributed by atoms with E-state index in [1.54, 1.807) is 18.5 Å². The van der Waals surface area contributed by atoms with Gasteiger partial charge in [0, 0.05) is 68.2 Å². The van der Waals surface area contributed by atoms with E-state index in [4.69, 9.17) is 4.74 Å². The number of fused-ring (bicyclic) bond motifs is 4. The van der Waals surface area contributed by atoms with Crippen LogP contribution in [0.2, 0.25) is 0 Å². The minimum atomic E-state index is -0.281. The minimum Gasteiger partial charge on any atom is -0.375 e. The fraction of sp³-hybridized carbons (Fsp3) is 0.567. The van der Waals surface area contributed by atoms with E-state index in [0.29, 0.717) is 37.7 Å². The molecule has 2 unspecified atom stereocenters. The van der Waals surface area contributed by atoms with E-state index in [1.165, 1.54) is 12.1 Å². The van der Waals surface area contributed by atoms with Gasteiger partial charge in [0.1, 0.15) is 12.1 Å². The molecule has 7 rings (SSSR count). The zero-order valence-electron chi connectivity index (χ0n) is 23.5. The molecule has 3 aromatic rings. The van der Waals surface area contributed by atoms with Crippen LogP contribution in [0.5, 0.6) is 0 Å². The summed E-state index contributed by atoms with van der Waals surface area (Å²) < 4.78 is 21.3. The van der Waals surface area contributed by atoms with Gasteiger partial charge in [-0.05, 0) is 37.1 Å². The van der Waals surface area contributed by atoms with Crippen LogP contribution in [0.15, 0.2) is 36.7 Å². The van der Waals surface area contributed by atoms with Crippen LogP contribution in [0.25, 0.3) is 5.65 Å². The molecule has 212 valence electrons. The third-order valence-electron chi connectivity index (χ3n) is 9.08. The fourth-order valence-corrected chi connectivity index (χ4v) is 6.97. The number of carbonyl (C=O) groups is 1. The molecular formula is C30H38FN7O2. The van der Waals surface area contributed by atoms with Gasteiger partial charge in [-0.2, -0.15) is 5.10 Å². The summed E-state index contributed by atoms with van der Waals surface area (Å²) in [6.07, 6.45) is 3.69. The van der Waals surface area contributed by atoms with E-state index in [1.807, 2.05) is 9.42 Å². The number of carbonyl (C=O) groups excluding carboxylic acids is 1. The van der Waals surface area contributed by atoms with E-state index in [-0.39, 0.29) is 23.2 Å². The maximum atomic E-state index is 14.1. The van der Waals surface area contributed by atoms with Crippen molar-refractivity contribution in [3.63, 3.8) is 0 Å². The highest BCUT2D eigenvalue weighted by molar-refractivity contribution is 5.97. The Morgan fingerprint density at radius 2 is 2.05 bits per heavy atom. The lowest BCUT2D eigenvalue weighted by Gasteiger charge is -2.42. The molecule has 9 nitrogen and oxygen atoms in total. The van der Waals surface area contributed by atoms with Gasteiger partial charge in [0.05, 0.1) is 30.6 Å². The molecule has 2 aromatic heterocycles. The molecule has 3 fully saturated rings. The molecule has 5 heterocycles. The summed E-state index contributed by atoms with van der Waals surface area (Å²) in [5.74, 6) is -0.139. The number of piperazine rings is 1. The molecule has 0 spiro atoms. The van der Waals surface area contributed by atoms with Crippen molar-refractivity contribution in [1.82, 2.24) is 29.7 Å². The van der Waals surface area contributed by atoms with E-state index >= 15 is 0 Å². The monoisotopic (exact) mass is 547 g/mol. The number of morpholine rings is 1. The van der Waals surface area contributed by atoms with Gasteiger partial charge in [-0.3, -0.25) is 14.6 Å². The van der Waals surface area contributed by atoms with Crippen LogP contribution in [-0.4, -0.2) is 100 Å². The number of amides is 1. The molecule has 3 aliphatic heterocycles. The Bertz CT molecular complexity index is 1420. The zero-order chi connectivity index (χ0) is 27.6. The van der Waals surface area contributed by atoms with E-state index in [9.17, 15) is 9.18 Å². The number of pyridine rings is 1. The molecule has 1 amide bonds. The largest absolute Gasteiger partial charge is 0.375 e. The first-order chi connectivity index (χ1) is 19.3. The van der Waals surface area contributed by atoms with Gasteiger partial charge in [-0.15, -0.1) is 0 Å². The van der Waals surface area contributed by atoms with Gasteiger partial charge >= 0.3 is 0 Å². The van der Waals surface area contributed by atoms with Crippen molar-refractivity contribution < 1.29 is 13.9 Å². The molecule has 2 saturated heterocycles. The number of anilines is 1. The molecule has 40 heavy (non-hydrogen) atoms. The summed E-state index contributed by atoms with van der Waals surface area (Å²) in [5.41, 5.74) is 4.37. The van der Waals surface area contributed by atoms with Crippen LogP contribution in [0.3, 0.4) is 0 Å². The number of benzene rings is 1. The zero-order valence-corrected chi connectivity index (χ0v) is 23.5. The summed E-state index contributed by atoms with van der Waals surface area (Å²) in [6, 6.07) is 9.82. The molecular weight excluding hydrogens is 509 g/mol. The SMILES string of the molecule is C[C@@H]1CN(CC(=O)N2CC(C)(C)c3c2cc(Cc2ccc(F)cc2)c2ncnn32)[C@@H](CN2CCOC3CC32)CN1. The topological polar surface area (TPSA) is 78.2 Å². The Balaban J connectivity index is 1.16. The number of hydrogen-bond donors (Lipinski definition) is 1. The minimum absolute atomic E-state index is 0.115. The molecule has 1 N–H and O–H groups in total. The third-order valence-corrected chi connectivity index (χ3v) is 9.08. The molecule has 4 atom stereocenters. The van der Waals surface area contributed by atoms with Crippen LogP contribution < -0.4 is 10.2 Å². The van der Waals surface area contributed by atoms with E-state index in [2.05, 4.69) is 52.0 Å². The second kappa shape index (κ2) is 9.87. The highest BCUT2D eigenvalue weighted by atomic mass is 19.1. The summed E-state index contributed by atoms with van der Waals surface area (Å²) >= 11 is 0. The Labute approximate surface area is 234 Å². The van der Waals surface area contributed by atoms with Crippen molar-refractivity contribution in [3.05, 3.63) is 59.3 Å². The average Bonchev–Trinajstić information content (AvgIpc) is 3.47. The standard InChI is InChI=1S/C30H38FN7O2/c1-19-14-36(23(13-32-19)15-35-8-9-40-26-12-24(26)35)16-27(39)37-17-30(2,3)28-25(37)11-21(29-33-18-34-38(28)29)10-20-4-6-22(31)7-5-20/h4-7,11,18-19,23-24,26,32H,8-10,12-17H2,1-3H3/t19-,23-,24?,26?/m1/s1. The van der Waals surface area contributed by atoms with Crippen molar-refractivity contribution in [1.29, 1.82) is 0 Å². The predicted octanol–water partition coefficient (Wildman–Crippen LogP) is 2.22. The van der Waals surface area contributed by atoms with Gasteiger partial charge < -0.3 is 15.0 Å². The third kappa shape index (κ3) is 4.70. The summed E-state index contributed by atoms with van der Waals surface area (Å²) in [4.78, 5) is 25.6. The van der Waals surface area contributed by atoms with Crippen molar-refractivity contribution >= 4 is 17.2 Å². The number of halogens is 1. The summed E-state index contributed by atoms with van der Waals surface area (Å²) in [5, 5.41) is 8.22. The van der Waals surface area contributed by atoms with Crippen molar-refractivity contribution in [2.24, 2.45) is 0 Å². The Morgan fingerprint density at radius 3 is 2.88 bits per heavy atom. The van der Waals surface area contributed by atoms with Gasteiger partial charge in [0.25, 0.3) is 0 Å². The average molecular weight is 548 g/mol. The van der Waals surface area contributed by atoms with Gasteiger partial charge in [0.15, 0.2) is 5.65 Å². The molecule has 0 radical (unpaired) electrons. The highest BCUT2D eigenvalue weighted by Gasteiger charge is 2.47. The second-order valence-electron chi connectivity index (χ2n) is 12.7. The summed E-state index contributed by atoms with van der Waals surface area (Å²) in [7, 11) is 0. The van der Waals surface area contributed by atoms with Gasteiger partial charge in [-0.1, -0.05) is 26.0 Å². The van der Waals surface area contributed by atoms with Crippen LogP contribution in [0, 0.1) is 5.82 Å². The smallest absolute Gasteiger partial charge is 0.241 e. The maximum Gasteiger partial charge on any atom is 0.241 e. The maximum absolute atomic E-state index is 14.1.